The molecule has 2 aromatic heterocycles. The molecule has 3 rings (SSSR count). The molecule has 1 amide bonds. The number of nitrogens with one attached hydrogen (secondary N) is 2. The number of carbonyl (C=O) groups excluding carboxylic acids is 1. The Morgan fingerprint density at radius 2 is 2.14 bits per heavy atom. The van der Waals surface area contributed by atoms with Crippen LogP contribution in [0.1, 0.15) is 37.6 Å². The Hall–Kier alpha value is -2.61. The van der Waals surface area contributed by atoms with Gasteiger partial charge in [-0.1, -0.05) is 36.9 Å². The van der Waals surface area contributed by atoms with Crippen LogP contribution in [0.3, 0.4) is 0 Å². The molecular formula is C20H23FN4O2S. The number of hydrogen-bond acceptors (Lipinski definition) is 4. The molecule has 0 bridgehead atoms. The molecule has 0 aliphatic carbocycles. The molecule has 148 valence electrons. The van der Waals surface area contributed by atoms with Gasteiger partial charge in [-0.25, -0.2) is 9.37 Å². The van der Waals surface area contributed by atoms with Gasteiger partial charge in [0.15, 0.2) is 5.16 Å². The number of aromatic amines is 1. The minimum Gasteiger partial charge on any atom is -0.353 e. The number of aryl methyl sites for hydroxylation is 1. The van der Waals surface area contributed by atoms with Crippen LogP contribution < -0.4 is 10.9 Å². The van der Waals surface area contributed by atoms with Crippen molar-refractivity contribution in [2.45, 2.75) is 44.9 Å². The fourth-order valence-electron chi connectivity index (χ4n) is 2.88. The van der Waals surface area contributed by atoms with Gasteiger partial charge in [-0.05, 0) is 32.4 Å². The van der Waals surface area contributed by atoms with Crippen molar-refractivity contribution in [1.29, 1.82) is 0 Å². The van der Waals surface area contributed by atoms with Crippen LogP contribution in [0.15, 0.2) is 40.3 Å². The molecule has 0 fully saturated rings. The van der Waals surface area contributed by atoms with E-state index in [1.54, 1.807) is 22.8 Å². The van der Waals surface area contributed by atoms with Gasteiger partial charge in [-0.3, -0.25) is 14.2 Å². The van der Waals surface area contributed by atoms with Gasteiger partial charge in [0.25, 0.3) is 5.56 Å². The Morgan fingerprint density at radius 1 is 1.39 bits per heavy atom. The second kappa shape index (κ2) is 8.60. The van der Waals surface area contributed by atoms with Crippen LogP contribution in [0.4, 0.5) is 4.39 Å². The molecule has 1 aromatic carbocycles. The number of halogens is 1. The summed E-state index contributed by atoms with van der Waals surface area (Å²) in [7, 11) is 0. The number of H-pyrrole nitrogens is 1. The van der Waals surface area contributed by atoms with Crippen molar-refractivity contribution in [2.75, 3.05) is 5.75 Å². The van der Waals surface area contributed by atoms with Gasteiger partial charge in [0.1, 0.15) is 11.3 Å². The average molecular weight is 402 g/mol. The van der Waals surface area contributed by atoms with Crippen LogP contribution in [0.25, 0.3) is 11.0 Å². The number of amides is 1. The fourth-order valence-corrected chi connectivity index (χ4v) is 3.81. The highest BCUT2D eigenvalue weighted by Crippen LogP contribution is 2.22. The predicted molar refractivity (Wildman–Crippen MR) is 109 cm³/mol. The molecule has 8 heteroatoms. The number of fused-ring (bicyclic) bond motifs is 1. The number of hydrogen-bond donors (Lipinski definition) is 2. The first-order chi connectivity index (χ1) is 13.4. The molecule has 0 radical (unpaired) electrons. The third-order valence-electron chi connectivity index (χ3n) is 4.58. The number of rotatable bonds is 7. The summed E-state index contributed by atoms with van der Waals surface area (Å²) in [6.07, 6.45) is 0.764. The fraction of sp³-hybridized carbons (Fsp3) is 0.350. The van der Waals surface area contributed by atoms with E-state index in [9.17, 15) is 14.0 Å². The van der Waals surface area contributed by atoms with Crippen molar-refractivity contribution >= 4 is 28.7 Å². The van der Waals surface area contributed by atoms with E-state index in [2.05, 4.69) is 15.3 Å². The average Bonchev–Trinajstić information content (AvgIpc) is 3.06. The Bertz CT molecular complexity index is 1060. The highest BCUT2D eigenvalue weighted by atomic mass is 32.2. The summed E-state index contributed by atoms with van der Waals surface area (Å²) in [5.41, 5.74) is 2.23. The lowest BCUT2D eigenvalue weighted by Crippen LogP contribution is -2.28. The molecule has 0 aliphatic heterocycles. The molecule has 28 heavy (non-hydrogen) atoms. The Kier molecular flexibility index (Phi) is 6.18. The summed E-state index contributed by atoms with van der Waals surface area (Å²) in [5.74, 6) is -0.508. The van der Waals surface area contributed by atoms with Crippen LogP contribution >= 0.6 is 11.8 Å². The maximum absolute atomic E-state index is 13.7. The van der Waals surface area contributed by atoms with E-state index in [4.69, 9.17) is 0 Å². The van der Waals surface area contributed by atoms with E-state index in [0.29, 0.717) is 21.8 Å². The largest absolute Gasteiger partial charge is 0.353 e. The van der Waals surface area contributed by atoms with E-state index in [1.807, 2.05) is 26.8 Å². The van der Waals surface area contributed by atoms with Crippen molar-refractivity contribution in [3.63, 3.8) is 0 Å². The predicted octanol–water partition coefficient (Wildman–Crippen LogP) is 3.55. The third-order valence-corrected chi connectivity index (χ3v) is 5.54. The lowest BCUT2D eigenvalue weighted by atomic mass is 10.2. The quantitative estimate of drug-likeness (QED) is 0.468. The summed E-state index contributed by atoms with van der Waals surface area (Å²) in [5, 5.41) is 3.21. The molecule has 1 atom stereocenters. The van der Waals surface area contributed by atoms with Gasteiger partial charge in [-0.2, -0.15) is 0 Å². The lowest BCUT2D eigenvalue weighted by molar-refractivity contribution is -0.118. The van der Waals surface area contributed by atoms with Gasteiger partial charge >= 0.3 is 0 Å². The Morgan fingerprint density at radius 3 is 2.86 bits per heavy atom. The topological polar surface area (TPSA) is 79.8 Å². The Labute approximate surface area is 166 Å². The number of thioether (sulfide) groups is 1. The summed E-state index contributed by atoms with van der Waals surface area (Å²) < 4.78 is 15.3. The van der Waals surface area contributed by atoms with Crippen molar-refractivity contribution in [1.82, 2.24) is 19.9 Å². The van der Waals surface area contributed by atoms with E-state index in [-0.39, 0.29) is 35.6 Å². The van der Waals surface area contributed by atoms with Crippen LogP contribution in [-0.4, -0.2) is 26.2 Å². The SMILES string of the molecule is CC[C@@H](C)n1c(SCC(=O)NCc2ccccc2F)nc2cc(C)[nH]c2c1=O. The molecule has 3 aromatic rings. The van der Waals surface area contributed by atoms with E-state index >= 15 is 0 Å². The zero-order valence-electron chi connectivity index (χ0n) is 16.1. The first-order valence-corrected chi connectivity index (χ1v) is 10.1. The maximum Gasteiger partial charge on any atom is 0.278 e. The maximum atomic E-state index is 13.7. The van der Waals surface area contributed by atoms with Gasteiger partial charge in [0.05, 0.1) is 11.3 Å². The molecule has 2 N–H and O–H groups in total. The lowest BCUT2D eigenvalue weighted by Gasteiger charge is -2.17. The molecule has 0 aliphatic rings. The smallest absolute Gasteiger partial charge is 0.278 e. The summed E-state index contributed by atoms with van der Waals surface area (Å²) in [6.45, 7) is 5.94. The summed E-state index contributed by atoms with van der Waals surface area (Å²) in [4.78, 5) is 32.8. The van der Waals surface area contributed by atoms with E-state index in [1.165, 1.54) is 17.8 Å². The van der Waals surface area contributed by atoms with Gasteiger partial charge in [0.2, 0.25) is 5.91 Å². The van der Waals surface area contributed by atoms with Crippen LogP contribution in [-0.2, 0) is 11.3 Å². The number of aromatic nitrogens is 3. The molecule has 0 saturated heterocycles. The molecular weight excluding hydrogens is 379 g/mol. The standard InChI is InChI=1S/C20H23FN4O2S/c1-4-13(3)25-19(27)18-16(9-12(2)23-18)24-20(25)28-11-17(26)22-10-14-7-5-6-8-15(14)21/h5-9,13,23H,4,10-11H2,1-3H3,(H,22,26)/t13-/m1/s1. The summed E-state index contributed by atoms with van der Waals surface area (Å²) in [6, 6.07) is 8.10. The molecule has 0 saturated carbocycles. The highest BCUT2D eigenvalue weighted by molar-refractivity contribution is 7.99. The normalized spacial score (nSPS) is 12.3. The first kappa shape index (κ1) is 20.1. The van der Waals surface area contributed by atoms with E-state index < -0.39 is 0 Å². The molecule has 0 unspecified atom stereocenters. The van der Waals surface area contributed by atoms with Crippen molar-refractivity contribution in [2.24, 2.45) is 0 Å². The van der Waals surface area contributed by atoms with Crippen molar-refractivity contribution < 1.29 is 9.18 Å². The zero-order valence-corrected chi connectivity index (χ0v) is 16.9. The van der Waals surface area contributed by atoms with Crippen molar-refractivity contribution in [3.8, 4) is 0 Å². The third kappa shape index (κ3) is 4.27. The zero-order chi connectivity index (χ0) is 20.3. The summed E-state index contributed by atoms with van der Waals surface area (Å²) >= 11 is 1.21. The van der Waals surface area contributed by atoms with E-state index in [0.717, 1.165) is 12.1 Å². The second-order valence-electron chi connectivity index (χ2n) is 6.70. The minimum atomic E-state index is -0.351. The molecule has 6 nitrogen and oxygen atoms in total. The monoisotopic (exact) mass is 402 g/mol. The first-order valence-electron chi connectivity index (χ1n) is 9.15. The van der Waals surface area contributed by atoms with Gasteiger partial charge in [-0.15, -0.1) is 0 Å². The van der Waals surface area contributed by atoms with Crippen LogP contribution in [0.5, 0.6) is 0 Å². The highest BCUT2D eigenvalue weighted by Gasteiger charge is 2.18. The van der Waals surface area contributed by atoms with Crippen LogP contribution in [0, 0.1) is 12.7 Å². The number of benzene rings is 1. The second-order valence-corrected chi connectivity index (χ2v) is 7.64. The number of nitrogens with zero attached hydrogens (tertiary/aromatic N) is 2. The van der Waals surface area contributed by atoms with Crippen molar-refractivity contribution in [3.05, 3.63) is 57.8 Å². The minimum absolute atomic E-state index is 0.0445. The van der Waals surface area contributed by atoms with Gasteiger partial charge in [0, 0.05) is 23.8 Å². The molecule has 0 spiro atoms. The number of carbonyl (C=O) groups is 1. The Balaban J connectivity index is 1.76. The van der Waals surface area contributed by atoms with Crippen LogP contribution in [0.2, 0.25) is 0 Å². The van der Waals surface area contributed by atoms with Gasteiger partial charge < -0.3 is 10.3 Å². The molecule has 2 heterocycles.